The first-order valence-corrected chi connectivity index (χ1v) is 4.99. The molecule has 1 saturated carbocycles. The van der Waals surface area contributed by atoms with Crippen molar-refractivity contribution in [2.45, 2.75) is 31.9 Å². The van der Waals surface area contributed by atoms with Gasteiger partial charge in [-0.1, -0.05) is 0 Å². The van der Waals surface area contributed by atoms with Crippen molar-refractivity contribution >= 4 is 0 Å². The summed E-state index contributed by atoms with van der Waals surface area (Å²) in [7, 11) is 0. The molecule has 2 N–H and O–H groups in total. The molecule has 1 aromatic rings. The maximum absolute atomic E-state index is 8.87. The van der Waals surface area contributed by atoms with Crippen molar-refractivity contribution < 1.29 is 4.74 Å². The Labute approximate surface area is 88.7 Å². The monoisotopic (exact) mass is 203 g/mol. The summed E-state index contributed by atoms with van der Waals surface area (Å²) in [6.07, 6.45) is 1.82. The quantitative estimate of drug-likeness (QED) is 0.782. The maximum Gasteiger partial charge on any atom is 0.232 e. The molecular formula is C11H13N3O. The van der Waals surface area contributed by atoms with Gasteiger partial charge in [-0.25, -0.2) is 4.98 Å². The van der Waals surface area contributed by atoms with E-state index in [1.807, 2.05) is 6.92 Å². The van der Waals surface area contributed by atoms with Gasteiger partial charge in [-0.3, -0.25) is 0 Å². The van der Waals surface area contributed by atoms with Crippen LogP contribution in [0.25, 0.3) is 0 Å². The van der Waals surface area contributed by atoms with E-state index >= 15 is 0 Å². The maximum atomic E-state index is 8.87. The fourth-order valence-electron chi connectivity index (χ4n) is 1.57. The van der Waals surface area contributed by atoms with Crippen molar-refractivity contribution in [3.05, 3.63) is 23.4 Å². The van der Waals surface area contributed by atoms with Crippen LogP contribution in [0.1, 0.15) is 24.1 Å². The molecule has 0 aromatic carbocycles. The highest BCUT2D eigenvalue weighted by atomic mass is 16.5. The molecule has 1 aromatic heterocycles. The third-order valence-corrected chi connectivity index (χ3v) is 2.53. The first kappa shape index (κ1) is 9.94. The first-order valence-electron chi connectivity index (χ1n) is 4.99. The summed E-state index contributed by atoms with van der Waals surface area (Å²) in [4.78, 5) is 4.21. The number of nitrogens with two attached hydrogens (primary N) is 1. The summed E-state index contributed by atoms with van der Waals surface area (Å²) >= 11 is 0. The molecule has 1 heterocycles. The van der Waals surface area contributed by atoms with Gasteiger partial charge in [0.05, 0.1) is 0 Å². The standard InChI is InChI=1S/C11H13N3O/c1-7-2-3-8(6-12)11(14-7)15-10-4-9(13)5-10/h2-3,9-10H,4-5,13H2,1H3. The second-order valence-electron chi connectivity index (χ2n) is 3.89. The molecule has 0 spiro atoms. The number of ether oxygens (including phenoxy) is 1. The van der Waals surface area contributed by atoms with Gasteiger partial charge in [0, 0.05) is 11.7 Å². The zero-order valence-corrected chi connectivity index (χ0v) is 8.60. The van der Waals surface area contributed by atoms with Crippen molar-refractivity contribution in [1.29, 1.82) is 5.26 Å². The molecular weight excluding hydrogens is 190 g/mol. The van der Waals surface area contributed by atoms with Crippen molar-refractivity contribution in [3.8, 4) is 11.9 Å². The Bertz CT molecular complexity index is 405. The van der Waals surface area contributed by atoms with Crippen LogP contribution in [-0.4, -0.2) is 17.1 Å². The highest BCUT2D eigenvalue weighted by Gasteiger charge is 2.28. The van der Waals surface area contributed by atoms with Gasteiger partial charge in [0.1, 0.15) is 17.7 Å². The van der Waals surface area contributed by atoms with Crippen molar-refractivity contribution in [1.82, 2.24) is 4.98 Å². The third-order valence-electron chi connectivity index (χ3n) is 2.53. The minimum atomic E-state index is 0.126. The number of nitriles is 1. The Morgan fingerprint density at radius 3 is 2.87 bits per heavy atom. The van der Waals surface area contributed by atoms with Gasteiger partial charge >= 0.3 is 0 Å². The average Bonchev–Trinajstić information content (AvgIpc) is 2.16. The molecule has 1 fully saturated rings. The molecule has 15 heavy (non-hydrogen) atoms. The minimum absolute atomic E-state index is 0.126. The number of aromatic nitrogens is 1. The highest BCUT2D eigenvalue weighted by molar-refractivity contribution is 5.38. The summed E-state index contributed by atoms with van der Waals surface area (Å²) in [5.74, 6) is 0.439. The van der Waals surface area contributed by atoms with E-state index in [2.05, 4.69) is 11.1 Å². The lowest BCUT2D eigenvalue weighted by atomic mass is 9.90. The topological polar surface area (TPSA) is 71.9 Å². The largest absolute Gasteiger partial charge is 0.473 e. The van der Waals surface area contributed by atoms with Crippen LogP contribution in [0.2, 0.25) is 0 Å². The Morgan fingerprint density at radius 1 is 1.53 bits per heavy atom. The Kier molecular flexibility index (Phi) is 2.57. The predicted octanol–water partition coefficient (Wildman–Crippen LogP) is 1.13. The molecule has 2 rings (SSSR count). The summed E-state index contributed by atoms with van der Waals surface area (Å²) < 4.78 is 5.61. The summed E-state index contributed by atoms with van der Waals surface area (Å²) in [6.45, 7) is 1.88. The smallest absolute Gasteiger partial charge is 0.232 e. The zero-order chi connectivity index (χ0) is 10.8. The van der Waals surface area contributed by atoms with E-state index in [1.165, 1.54) is 0 Å². The van der Waals surface area contributed by atoms with Gasteiger partial charge in [-0.2, -0.15) is 5.26 Å². The second kappa shape index (κ2) is 3.87. The number of pyridine rings is 1. The fourth-order valence-corrected chi connectivity index (χ4v) is 1.57. The molecule has 4 heteroatoms. The van der Waals surface area contributed by atoms with Gasteiger partial charge in [0.15, 0.2) is 0 Å². The minimum Gasteiger partial charge on any atom is -0.473 e. The molecule has 1 aliphatic rings. The molecule has 4 nitrogen and oxygen atoms in total. The van der Waals surface area contributed by atoms with Crippen LogP contribution in [0.3, 0.4) is 0 Å². The van der Waals surface area contributed by atoms with Gasteiger partial charge in [0.2, 0.25) is 5.88 Å². The van der Waals surface area contributed by atoms with Crippen molar-refractivity contribution in [2.24, 2.45) is 5.73 Å². The van der Waals surface area contributed by atoms with Gasteiger partial charge in [-0.15, -0.1) is 0 Å². The molecule has 0 amide bonds. The van der Waals surface area contributed by atoms with E-state index < -0.39 is 0 Å². The van der Waals surface area contributed by atoms with Gasteiger partial charge < -0.3 is 10.5 Å². The molecule has 0 radical (unpaired) electrons. The van der Waals surface area contributed by atoms with Crippen LogP contribution in [0, 0.1) is 18.3 Å². The summed E-state index contributed by atoms with van der Waals surface area (Å²) in [5.41, 5.74) is 7.00. The van der Waals surface area contributed by atoms with E-state index in [1.54, 1.807) is 12.1 Å². The van der Waals surface area contributed by atoms with E-state index in [0.717, 1.165) is 18.5 Å². The van der Waals surface area contributed by atoms with Gasteiger partial charge in [0.25, 0.3) is 0 Å². The molecule has 0 unspecified atom stereocenters. The first-order chi connectivity index (χ1) is 7.19. The summed E-state index contributed by atoms with van der Waals surface area (Å²) in [5, 5.41) is 8.87. The average molecular weight is 203 g/mol. The normalized spacial score (nSPS) is 24.1. The van der Waals surface area contributed by atoms with Crippen LogP contribution in [0.5, 0.6) is 5.88 Å². The molecule has 0 saturated heterocycles. The Hall–Kier alpha value is -1.60. The number of hydrogen-bond donors (Lipinski definition) is 1. The molecule has 0 bridgehead atoms. The van der Waals surface area contributed by atoms with E-state index in [4.69, 9.17) is 15.7 Å². The zero-order valence-electron chi connectivity index (χ0n) is 8.60. The third kappa shape index (κ3) is 2.08. The van der Waals surface area contributed by atoms with Crippen LogP contribution < -0.4 is 10.5 Å². The summed E-state index contributed by atoms with van der Waals surface area (Å²) in [6, 6.07) is 5.85. The second-order valence-corrected chi connectivity index (χ2v) is 3.89. The SMILES string of the molecule is Cc1ccc(C#N)c(OC2CC(N)C2)n1. The lowest BCUT2D eigenvalue weighted by Crippen LogP contribution is -2.43. The number of aryl methyl sites for hydroxylation is 1. The number of rotatable bonds is 2. The van der Waals surface area contributed by atoms with Crippen LogP contribution >= 0.6 is 0 Å². The van der Waals surface area contributed by atoms with E-state index in [9.17, 15) is 0 Å². The van der Waals surface area contributed by atoms with Crippen LogP contribution in [0.15, 0.2) is 12.1 Å². The lowest BCUT2D eigenvalue weighted by Gasteiger charge is -2.32. The Balaban J connectivity index is 2.13. The number of hydrogen-bond acceptors (Lipinski definition) is 4. The lowest BCUT2D eigenvalue weighted by molar-refractivity contribution is 0.0953. The van der Waals surface area contributed by atoms with Crippen LogP contribution in [0.4, 0.5) is 0 Å². The van der Waals surface area contributed by atoms with Crippen molar-refractivity contribution in [2.75, 3.05) is 0 Å². The molecule has 1 aliphatic carbocycles. The molecule has 0 aliphatic heterocycles. The van der Waals surface area contributed by atoms with Crippen LogP contribution in [-0.2, 0) is 0 Å². The van der Waals surface area contributed by atoms with Crippen molar-refractivity contribution in [3.63, 3.8) is 0 Å². The van der Waals surface area contributed by atoms with E-state index in [-0.39, 0.29) is 12.1 Å². The molecule has 78 valence electrons. The highest BCUT2D eigenvalue weighted by Crippen LogP contribution is 2.25. The fraction of sp³-hybridized carbons (Fsp3) is 0.455. The predicted molar refractivity (Wildman–Crippen MR) is 55.3 cm³/mol. The van der Waals surface area contributed by atoms with E-state index in [0.29, 0.717) is 11.4 Å². The number of nitrogens with zero attached hydrogens (tertiary/aromatic N) is 2. The Morgan fingerprint density at radius 2 is 2.27 bits per heavy atom. The molecule has 0 atom stereocenters. The van der Waals surface area contributed by atoms with Gasteiger partial charge in [-0.05, 0) is 31.9 Å².